The molecule has 1 fully saturated rings. The summed E-state index contributed by atoms with van der Waals surface area (Å²) in [4.78, 5) is 12.4. The van der Waals surface area contributed by atoms with E-state index in [0.29, 0.717) is 23.3 Å². The number of carbonyl (C=O) groups excluding carboxylic acids is 1. The summed E-state index contributed by atoms with van der Waals surface area (Å²) in [5, 5.41) is 0. The minimum Gasteiger partial charge on any atom is -0.423 e. The average Bonchev–Trinajstić information content (AvgIpc) is 3.72. The van der Waals surface area contributed by atoms with Crippen molar-refractivity contribution in [2.24, 2.45) is 0 Å². The Bertz CT molecular complexity index is 1410. The second-order valence-corrected chi connectivity index (χ2v) is 8.71. The molecule has 1 aliphatic heterocycles. The van der Waals surface area contributed by atoms with Gasteiger partial charge < -0.3 is 9.47 Å². The van der Waals surface area contributed by atoms with Crippen molar-refractivity contribution in [2.45, 2.75) is 25.9 Å². The van der Waals surface area contributed by atoms with Crippen LogP contribution >= 0.6 is 0 Å². The van der Waals surface area contributed by atoms with Gasteiger partial charge in [0.1, 0.15) is 17.7 Å². The molecule has 1 atom stereocenters. The summed E-state index contributed by atoms with van der Waals surface area (Å²) in [6.07, 6.45) is 1.69. The van der Waals surface area contributed by atoms with Gasteiger partial charge in [-0.2, -0.15) is 0 Å². The molecule has 1 unspecified atom stereocenters. The predicted molar refractivity (Wildman–Crippen MR) is 131 cm³/mol. The first-order chi connectivity index (χ1) is 17.4. The monoisotopic (exact) mass is 488 g/mol. The molecule has 0 bridgehead atoms. The summed E-state index contributed by atoms with van der Waals surface area (Å²) in [5.41, 5.74) is 2.93. The van der Waals surface area contributed by atoms with Crippen LogP contribution in [0.2, 0.25) is 0 Å². The predicted octanol–water partition coefficient (Wildman–Crippen LogP) is 7.68. The number of carbonyl (C=O) groups is 1. The minimum absolute atomic E-state index is 0.0624. The SMILES string of the molecule is CCCc1ccc(-c2ccc(-c3ccc(OC(=O)c4ccc(C5CO5)c(F)c4)cc3)c(F)c2F)cc1. The highest BCUT2D eigenvalue weighted by Crippen LogP contribution is 2.33. The molecule has 0 saturated carbocycles. The molecule has 0 N–H and O–H groups in total. The molecule has 0 aliphatic carbocycles. The maximum Gasteiger partial charge on any atom is 0.343 e. The third kappa shape index (κ3) is 4.90. The maximum absolute atomic E-state index is 15.0. The van der Waals surface area contributed by atoms with E-state index in [-0.39, 0.29) is 28.5 Å². The Morgan fingerprint density at radius 2 is 1.44 bits per heavy atom. The molecule has 0 radical (unpaired) electrons. The van der Waals surface area contributed by atoms with Crippen LogP contribution in [0.3, 0.4) is 0 Å². The van der Waals surface area contributed by atoms with Crippen molar-refractivity contribution >= 4 is 5.97 Å². The van der Waals surface area contributed by atoms with Crippen molar-refractivity contribution in [2.75, 3.05) is 6.61 Å². The van der Waals surface area contributed by atoms with Gasteiger partial charge in [-0.1, -0.05) is 67.9 Å². The van der Waals surface area contributed by atoms with Crippen LogP contribution in [-0.2, 0) is 11.2 Å². The lowest BCUT2D eigenvalue weighted by Gasteiger charge is -2.11. The lowest BCUT2D eigenvalue weighted by atomic mass is 9.97. The van der Waals surface area contributed by atoms with Crippen molar-refractivity contribution in [1.82, 2.24) is 0 Å². The molecule has 36 heavy (non-hydrogen) atoms. The Balaban J connectivity index is 1.32. The summed E-state index contributed by atoms with van der Waals surface area (Å²) in [5.74, 6) is -2.93. The molecule has 4 aromatic carbocycles. The zero-order valence-corrected chi connectivity index (χ0v) is 19.6. The standard InChI is InChI=1S/C30H23F3O3/c1-2-3-18-4-6-19(7-5-18)23-14-15-24(29(33)28(23)32)20-8-11-22(12-9-20)36-30(34)21-10-13-25(26(31)16-21)27-17-35-27/h4-16,27H,2-3,17H2,1H3. The van der Waals surface area contributed by atoms with Gasteiger partial charge in [0.25, 0.3) is 0 Å². The second-order valence-electron chi connectivity index (χ2n) is 8.71. The molecule has 5 rings (SSSR count). The molecule has 182 valence electrons. The number of aryl methyl sites for hydroxylation is 1. The van der Waals surface area contributed by atoms with Gasteiger partial charge >= 0.3 is 5.97 Å². The minimum atomic E-state index is -0.954. The van der Waals surface area contributed by atoms with E-state index in [1.54, 1.807) is 18.2 Å². The fourth-order valence-electron chi connectivity index (χ4n) is 4.15. The highest BCUT2D eigenvalue weighted by atomic mass is 19.2. The summed E-state index contributed by atoms with van der Waals surface area (Å²) >= 11 is 0. The van der Waals surface area contributed by atoms with Gasteiger partial charge in [-0.25, -0.2) is 18.0 Å². The molecule has 3 nitrogen and oxygen atoms in total. The Kier molecular flexibility index (Phi) is 6.61. The molecule has 0 amide bonds. The number of benzene rings is 4. The first-order valence-electron chi connectivity index (χ1n) is 11.8. The number of hydrogen-bond donors (Lipinski definition) is 0. The Morgan fingerprint density at radius 3 is 1.97 bits per heavy atom. The van der Waals surface area contributed by atoms with Crippen LogP contribution < -0.4 is 4.74 Å². The first kappa shape index (κ1) is 23.8. The molecule has 1 saturated heterocycles. The zero-order valence-electron chi connectivity index (χ0n) is 19.6. The molecule has 1 heterocycles. The third-order valence-corrected chi connectivity index (χ3v) is 6.18. The van der Waals surface area contributed by atoms with Gasteiger partial charge in [-0.15, -0.1) is 0 Å². The van der Waals surface area contributed by atoms with Gasteiger partial charge in [0.05, 0.1) is 12.2 Å². The Labute approximate surface area is 207 Å². The fraction of sp³-hybridized carbons (Fsp3) is 0.167. The lowest BCUT2D eigenvalue weighted by Crippen LogP contribution is -2.09. The molecule has 6 heteroatoms. The molecule has 4 aromatic rings. The number of hydrogen-bond acceptors (Lipinski definition) is 3. The summed E-state index contributed by atoms with van der Waals surface area (Å²) in [6.45, 7) is 2.55. The van der Waals surface area contributed by atoms with E-state index in [1.807, 2.05) is 12.1 Å². The van der Waals surface area contributed by atoms with Crippen molar-refractivity contribution in [3.63, 3.8) is 0 Å². The van der Waals surface area contributed by atoms with Gasteiger partial charge in [-0.3, -0.25) is 0 Å². The summed E-state index contributed by atoms with van der Waals surface area (Å²) in [6, 6.07) is 20.7. The summed E-state index contributed by atoms with van der Waals surface area (Å²) in [7, 11) is 0. The molecule has 1 aliphatic rings. The van der Waals surface area contributed by atoms with Crippen LogP contribution in [0.15, 0.2) is 78.9 Å². The highest BCUT2D eigenvalue weighted by Gasteiger charge is 2.28. The second kappa shape index (κ2) is 9.99. The Morgan fingerprint density at radius 1 is 0.861 bits per heavy atom. The number of epoxide rings is 1. The zero-order chi connectivity index (χ0) is 25.2. The van der Waals surface area contributed by atoms with Crippen molar-refractivity contribution in [3.8, 4) is 28.0 Å². The first-order valence-corrected chi connectivity index (χ1v) is 11.8. The summed E-state index contributed by atoms with van der Waals surface area (Å²) < 4.78 is 54.5. The van der Waals surface area contributed by atoms with E-state index in [4.69, 9.17) is 9.47 Å². The van der Waals surface area contributed by atoms with E-state index in [0.717, 1.165) is 24.5 Å². The quantitative estimate of drug-likeness (QED) is 0.152. The van der Waals surface area contributed by atoms with Crippen molar-refractivity contribution < 1.29 is 27.4 Å². The number of ether oxygens (including phenoxy) is 2. The number of rotatable bonds is 7. The number of esters is 1. The average molecular weight is 489 g/mol. The van der Waals surface area contributed by atoms with Gasteiger partial charge in [0, 0.05) is 16.7 Å². The van der Waals surface area contributed by atoms with Crippen LogP contribution in [0, 0.1) is 17.5 Å². The molecular weight excluding hydrogens is 465 g/mol. The smallest absolute Gasteiger partial charge is 0.343 e. The van der Waals surface area contributed by atoms with Crippen LogP contribution in [-0.4, -0.2) is 12.6 Å². The number of halogens is 3. The molecule has 0 aromatic heterocycles. The van der Waals surface area contributed by atoms with Crippen LogP contribution in [0.4, 0.5) is 13.2 Å². The van der Waals surface area contributed by atoms with E-state index in [2.05, 4.69) is 6.92 Å². The van der Waals surface area contributed by atoms with E-state index in [9.17, 15) is 18.0 Å². The van der Waals surface area contributed by atoms with E-state index >= 15 is 0 Å². The van der Waals surface area contributed by atoms with Crippen LogP contribution in [0.1, 0.15) is 40.9 Å². The third-order valence-electron chi connectivity index (χ3n) is 6.18. The van der Waals surface area contributed by atoms with E-state index in [1.165, 1.54) is 42.5 Å². The molecule has 0 spiro atoms. The van der Waals surface area contributed by atoms with Crippen LogP contribution in [0.25, 0.3) is 22.3 Å². The fourth-order valence-corrected chi connectivity index (χ4v) is 4.15. The van der Waals surface area contributed by atoms with Crippen molar-refractivity contribution in [3.05, 3.63) is 113 Å². The maximum atomic E-state index is 15.0. The Hall–Kier alpha value is -3.90. The topological polar surface area (TPSA) is 38.8 Å². The normalized spacial score (nSPS) is 14.5. The van der Waals surface area contributed by atoms with Crippen molar-refractivity contribution in [1.29, 1.82) is 0 Å². The highest BCUT2D eigenvalue weighted by molar-refractivity contribution is 5.91. The van der Waals surface area contributed by atoms with Gasteiger partial charge in [0.15, 0.2) is 11.6 Å². The largest absolute Gasteiger partial charge is 0.423 e. The van der Waals surface area contributed by atoms with Crippen LogP contribution in [0.5, 0.6) is 5.75 Å². The van der Waals surface area contributed by atoms with E-state index < -0.39 is 23.4 Å². The van der Waals surface area contributed by atoms with Gasteiger partial charge in [0.2, 0.25) is 0 Å². The molecular formula is C30H23F3O3. The van der Waals surface area contributed by atoms with Gasteiger partial charge in [-0.05, 0) is 47.4 Å². The lowest BCUT2D eigenvalue weighted by molar-refractivity contribution is 0.0734.